The first-order chi connectivity index (χ1) is 9.58. The maximum atomic E-state index is 13.9. The summed E-state index contributed by atoms with van der Waals surface area (Å²) in [7, 11) is 0. The Labute approximate surface area is 127 Å². The summed E-state index contributed by atoms with van der Waals surface area (Å²) in [5, 5.41) is 0. The Hall–Kier alpha value is -0.940. The van der Waals surface area contributed by atoms with E-state index >= 15 is 0 Å². The van der Waals surface area contributed by atoms with Crippen molar-refractivity contribution in [1.29, 1.82) is 0 Å². The highest BCUT2D eigenvalue weighted by Gasteiger charge is 2.34. The highest BCUT2D eigenvalue weighted by molar-refractivity contribution is 9.10. The molecule has 1 amide bonds. The third-order valence-corrected chi connectivity index (χ3v) is 4.58. The molecule has 2 N–H and O–H groups in total. The maximum absolute atomic E-state index is 13.9. The Kier molecular flexibility index (Phi) is 5.16. The Morgan fingerprint density at radius 2 is 2.25 bits per heavy atom. The van der Waals surface area contributed by atoms with Crippen molar-refractivity contribution < 1.29 is 9.18 Å². The molecule has 2 unspecified atom stereocenters. The van der Waals surface area contributed by atoms with E-state index in [0.717, 1.165) is 19.3 Å². The van der Waals surface area contributed by atoms with E-state index in [1.165, 1.54) is 6.07 Å². The number of hydrogen-bond acceptors (Lipinski definition) is 2. The van der Waals surface area contributed by atoms with Crippen LogP contribution in [0.1, 0.15) is 36.5 Å². The van der Waals surface area contributed by atoms with E-state index in [1.807, 2.05) is 6.92 Å². The summed E-state index contributed by atoms with van der Waals surface area (Å²) < 4.78 is 14.6. The highest BCUT2D eigenvalue weighted by Crippen LogP contribution is 2.30. The minimum atomic E-state index is -0.473. The van der Waals surface area contributed by atoms with Gasteiger partial charge in [-0.2, -0.15) is 0 Å². The lowest BCUT2D eigenvalue weighted by Gasteiger charge is -2.32. The molecule has 1 aliphatic carbocycles. The zero-order valence-corrected chi connectivity index (χ0v) is 13.2. The Bertz CT molecular complexity index is 495. The molecule has 1 aromatic rings. The summed E-state index contributed by atoms with van der Waals surface area (Å²) in [6.07, 6.45) is 3.08. The van der Waals surface area contributed by atoms with Crippen LogP contribution < -0.4 is 5.73 Å². The van der Waals surface area contributed by atoms with E-state index in [2.05, 4.69) is 15.9 Å². The fourth-order valence-electron chi connectivity index (χ4n) is 3.05. The van der Waals surface area contributed by atoms with Crippen LogP contribution in [-0.4, -0.2) is 29.9 Å². The van der Waals surface area contributed by atoms with Crippen molar-refractivity contribution in [1.82, 2.24) is 4.90 Å². The Morgan fingerprint density at radius 1 is 1.50 bits per heavy atom. The van der Waals surface area contributed by atoms with Gasteiger partial charge in [0.05, 0.1) is 5.56 Å². The molecule has 1 fully saturated rings. The lowest BCUT2D eigenvalue weighted by molar-refractivity contribution is 0.0647. The molecule has 0 heterocycles. The number of nitrogens with two attached hydrogens (primary N) is 1. The summed E-state index contributed by atoms with van der Waals surface area (Å²) in [6.45, 7) is 3.08. The monoisotopic (exact) mass is 342 g/mol. The highest BCUT2D eigenvalue weighted by atomic mass is 79.9. The SMILES string of the molecule is CCN(C(=O)c1cc(Br)ccc1F)C1CCCC1CN. The van der Waals surface area contributed by atoms with Gasteiger partial charge in [-0.3, -0.25) is 4.79 Å². The number of benzene rings is 1. The molecule has 1 aliphatic rings. The first-order valence-electron chi connectivity index (χ1n) is 7.04. The van der Waals surface area contributed by atoms with Crippen LogP contribution in [0.25, 0.3) is 0 Å². The number of rotatable bonds is 4. The third kappa shape index (κ3) is 3.04. The van der Waals surface area contributed by atoms with Crippen molar-refractivity contribution in [3.63, 3.8) is 0 Å². The topological polar surface area (TPSA) is 46.3 Å². The van der Waals surface area contributed by atoms with Crippen LogP contribution in [-0.2, 0) is 0 Å². The van der Waals surface area contributed by atoms with E-state index in [-0.39, 0.29) is 17.5 Å². The van der Waals surface area contributed by atoms with E-state index in [4.69, 9.17) is 5.73 Å². The van der Waals surface area contributed by atoms with Gasteiger partial charge in [0.2, 0.25) is 0 Å². The summed E-state index contributed by atoms with van der Waals surface area (Å²) in [5.41, 5.74) is 5.92. The minimum Gasteiger partial charge on any atom is -0.336 e. The van der Waals surface area contributed by atoms with Gasteiger partial charge >= 0.3 is 0 Å². The van der Waals surface area contributed by atoms with Crippen LogP contribution in [0.5, 0.6) is 0 Å². The Morgan fingerprint density at radius 3 is 2.90 bits per heavy atom. The number of nitrogens with zero attached hydrogens (tertiary/aromatic N) is 1. The molecule has 0 saturated heterocycles. The molecular weight excluding hydrogens is 323 g/mol. The third-order valence-electron chi connectivity index (χ3n) is 4.08. The number of carbonyl (C=O) groups is 1. The van der Waals surface area contributed by atoms with Crippen LogP contribution in [0.3, 0.4) is 0 Å². The lowest BCUT2D eigenvalue weighted by Crippen LogP contribution is -2.44. The van der Waals surface area contributed by atoms with E-state index < -0.39 is 5.82 Å². The lowest BCUT2D eigenvalue weighted by atomic mass is 10.0. The molecule has 110 valence electrons. The summed E-state index contributed by atoms with van der Waals surface area (Å²) in [5.74, 6) is -0.385. The van der Waals surface area contributed by atoms with Crippen molar-refractivity contribution in [2.75, 3.05) is 13.1 Å². The van der Waals surface area contributed by atoms with Gasteiger partial charge in [-0.1, -0.05) is 22.4 Å². The molecule has 2 rings (SSSR count). The first-order valence-corrected chi connectivity index (χ1v) is 7.83. The molecule has 2 atom stereocenters. The predicted octanol–water partition coefficient (Wildman–Crippen LogP) is 3.18. The molecular formula is C15H20BrFN2O. The average Bonchev–Trinajstić information content (AvgIpc) is 2.90. The van der Waals surface area contributed by atoms with Gasteiger partial charge < -0.3 is 10.6 Å². The number of amides is 1. The van der Waals surface area contributed by atoms with E-state index in [1.54, 1.807) is 17.0 Å². The molecule has 20 heavy (non-hydrogen) atoms. The van der Waals surface area contributed by atoms with Crippen molar-refractivity contribution in [2.45, 2.75) is 32.2 Å². The van der Waals surface area contributed by atoms with Crippen LogP contribution in [0.4, 0.5) is 4.39 Å². The number of carbonyl (C=O) groups excluding carboxylic acids is 1. The van der Waals surface area contributed by atoms with Crippen molar-refractivity contribution in [3.05, 3.63) is 34.1 Å². The molecule has 0 radical (unpaired) electrons. The molecule has 3 nitrogen and oxygen atoms in total. The van der Waals surface area contributed by atoms with Gasteiger partial charge in [0, 0.05) is 17.1 Å². The molecule has 0 aromatic heterocycles. The second-order valence-electron chi connectivity index (χ2n) is 5.21. The van der Waals surface area contributed by atoms with Gasteiger partial charge in [0.1, 0.15) is 5.82 Å². The number of halogens is 2. The standard InChI is InChI=1S/C15H20BrFN2O/c1-2-19(14-5-3-4-10(14)9-18)15(20)12-8-11(16)6-7-13(12)17/h6-8,10,14H,2-5,9,18H2,1H3. The minimum absolute atomic E-state index is 0.129. The normalized spacial score (nSPS) is 22.0. The molecule has 1 saturated carbocycles. The van der Waals surface area contributed by atoms with Gasteiger partial charge in [-0.05, 0) is 50.4 Å². The molecule has 5 heteroatoms. The first kappa shape index (κ1) is 15.4. The van der Waals surface area contributed by atoms with Gasteiger partial charge in [0.15, 0.2) is 0 Å². The molecule has 1 aromatic carbocycles. The predicted molar refractivity (Wildman–Crippen MR) is 81.0 cm³/mol. The molecule has 0 spiro atoms. The summed E-state index contributed by atoms with van der Waals surface area (Å²) in [6, 6.07) is 4.60. The second-order valence-corrected chi connectivity index (χ2v) is 6.13. The van der Waals surface area contributed by atoms with Gasteiger partial charge in [-0.15, -0.1) is 0 Å². The zero-order chi connectivity index (χ0) is 14.7. The number of hydrogen-bond donors (Lipinski definition) is 1. The summed E-state index contributed by atoms with van der Waals surface area (Å²) in [4.78, 5) is 14.4. The largest absolute Gasteiger partial charge is 0.336 e. The molecule has 0 aliphatic heterocycles. The van der Waals surface area contributed by atoms with Crippen LogP contribution in [0, 0.1) is 11.7 Å². The van der Waals surface area contributed by atoms with Crippen LogP contribution in [0.2, 0.25) is 0 Å². The average molecular weight is 343 g/mol. The van der Waals surface area contributed by atoms with Crippen LogP contribution in [0.15, 0.2) is 22.7 Å². The zero-order valence-electron chi connectivity index (χ0n) is 11.6. The quantitative estimate of drug-likeness (QED) is 0.913. The maximum Gasteiger partial charge on any atom is 0.257 e. The fourth-order valence-corrected chi connectivity index (χ4v) is 3.41. The van der Waals surface area contributed by atoms with Gasteiger partial charge in [0.25, 0.3) is 5.91 Å². The van der Waals surface area contributed by atoms with Gasteiger partial charge in [-0.25, -0.2) is 4.39 Å². The fraction of sp³-hybridized carbons (Fsp3) is 0.533. The van der Waals surface area contributed by atoms with Crippen LogP contribution >= 0.6 is 15.9 Å². The second kappa shape index (κ2) is 6.68. The smallest absolute Gasteiger partial charge is 0.257 e. The van der Waals surface area contributed by atoms with E-state index in [0.29, 0.717) is 23.5 Å². The van der Waals surface area contributed by atoms with Crippen molar-refractivity contribution >= 4 is 21.8 Å². The van der Waals surface area contributed by atoms with E-state index in [9.17, 15) is 9.18 Å². The summed E-state index contributed by atoms with van der Waals surface area (Å²) >= 11 is 3.29. The molecule has 0 bridgehead atoms. The van der Waals surface area contributed by atoms with Crippen molar-refractivity contribution in [3.8, 4) is 0 Å². The van der Waals surface area contributed by atoms with Crippen molar-refractivity contribution in [2.24, 2.45) is 11.7 Å². The Balaban J connectivity index is 2.27.